The van der Waals surface area contributed by atoms with E-state index in [1.54, 1.807) is 4.72 Å². The molecule has 0 amide bonds. The van der Waals surface area contributed by atoms with E-state index in [0.717, 1.165) is 0 Å². The Morgan fingerprint density at radius 3 is 2.24 bits per heavy atom. The molecule has 0 bridgehead atoms. The number of esters is 2. The predicted molar refractivity (Wildman–Crippen MR) is 120 cm³/mol. The zero-order chi connectivity index (χ0) is 28.5. The number of nitrogens with two attached hydrogens (primary N) is 2. The van der Waals surface area contributed by atoms with Gasteiger partial charge in [-0.1, -0.05) is 12.1 Å². The monoisotopic (exact) mass is 568 g/mol. The number of benzene rings is 2. The SMILES string of the molecule is NC(N)=NOCCCOc1ccc(C[C@H](NS(=O)(=O)c2ccc(F)c(F)c2)C(=O)OC(=O)C(F)(F)F)cc1. The predicted octanol–water partition coefficient (Wildman–Crippen LogP) is 1.46. The number of carbonyl (C=O) groups is 2. The van der Waals surface area contributed by atoms with E-state index in [1.165, 1.54) is 24.3 Å². The standard InChI is InChI=1S/C21H21F5N4O7S/c22-15-7-6-14(11-16(15)23)38(33,34)30-17(18(31)37-19(32)21(24,25)26)10-12-2-4-13(5-3-12)35-8-1-9-36-29-20(27)28/h2-7,11,17,30H,1,8-10H2,(H4,27,28,29)/t17-/m0/s1. The third-order valence-corrected chi connectivity index (χ3v) is 5.86. The molecule has 5 N–H and O–H groups in total. The van der Waals surface area contributed by atoms with Crippen LogP contribution in [0.2, 0.25) is 0 Å². The van der Waals surface area contributed by atoms with Gasteiger partial charge in [0.05, 0.1) is 11.5 Å². The van der Waals surface area contributed by atoms with Crippen molar-refractivity contribution in [1.29, 1.82) is 0 Å². The summed E-state index contributed by atoms with van der Waals surface area (Å²) in [6.07, 6.45) is -5.72. The molecule has 38 heavy (non-hydrogen) atoms. The molecule has 0 saturated heterocycles. The number of guanidine groups is 1. The van der Waals surface area contributed by atoms with Crippen LogP contribution in [-0.4, -0.2) is 51.7 Å². The van der Waals surface area contributed by atoms with Crippen LogP contribution < -0.4 is 20.9 Å². The molecule has 0 fully saturated rings. The van der Waals surface area contributed by atoms with Crippen molar-refractivity contribution in [2.24, 2.45) is 16.6 Å². The van der Waals surface area contributed by atoms with Crippen molar-refractivity contribution in [3.8, 4) is 5.75 Å². The normalized spacial score (nSPS) is 12.3. The number of sulfonamides is 1. The fraction of sp³-hybridized carbons (Fsp3) is 0.286. The van der Waals surface area contributed by atoms with Crippen molar-refractivity contribution < 1.29 is 54.3 Å². The largest absolute Gasteiger partial charge is 0.493 e. The summed E-state index contributed by atoms with van der Waals surface area (Å²) in [5.41, 5.74) is 10.4. The Bertz CT molecular complexity index is 1270. The molecule has 17 heteroatoms. The van der Waals surface area contributed by atoms with Crippen LogP contribution >= 0.6 is 0 Å². The third kappa shape index (κ3) is 9.47. The van der Waals surface area contributed by atoms with Crippen LogP contribution in [0, 0.1) is 11.6 Å². The van der Waals surface area contributed by atoms with Crippen LogP contribution in [0.15, 0.2) is 52.5 Å². The lowest BCUT2D eigenvalue weighted by atomic mass is 10.1. The molecule has 11 nitrogen and oxygen atoms in total. The summed E-state index contributed by atoms with van der Waals surface area (Å²) in [6, 6.07) is 4.97. The molecule has 0 radical (unpaired) electrons. The fourth-order valence-corrected chi connectivity index (χ4v) is 3.88. The molecule has 0 saturated carbocycles. The molecule has 0 aliphatic carbocycles. The average molecular weight is 568 g/mol. The molecular weight excluding hydrogens is 547 g/mol. The molecule has 2 aromatic rings. The van der Waals surface area contributed by atoms with Crippen molar-refractivity contribution in [2.45, 2.75) is 30.0 Å². The zero-order valence-electron chi connectivity index (χ0n) is 19.2. The molecule has 1 atom stereocenters. The van der Waals surface area contributed by atoms with Gasteiger partial charge in [-0.3, -0.25) is 0 Å². The minimum absolute atomic E-state index is 0.147. The number of ether oxygens (including phenoxy) is 2. The first-order chi connectivity index (χ1) is 17.7. The van der Waals surface area contributed by atoms with Gasteiger partial charge < -0.3 is 25.8 Å². The van der Waals surface area contributed by atoms with Crippen molar-refractivity contribution in [3.05, 3.63) is 59.7 Å². The van der Waals surface area contributed by atoms with Gasteiger partial charge in [0.1, 0.15) is 18.4 Å². The Labute approximate surface area is 212 Å². The Morgan fingerprint density at radius 2 is 1.66 bits per heavy atom. The highest BCUT2D eigenvalue weighted by molar-refractivity contribution is 7.89. The zero-order valence-corrected chi connectivity index (χ0v) is 20.0. The van der Waals surface area contributed by atoms with Crippen molar-refractivity contribution in [1.82, 2.24) is 4.72 Å². The van der Waals surface area contributed by atoms with E-state index in [4.69, 9.17) is 21.0 Å². The minimum atomic E-state index is -5.54. The molecular formula is C21H21F5N4O7S. The van der Waals surface area contributed by atoms with E-state index >= 15 is 0 Å². The molecule has 0 aliphatic heterocycles. The first kappa shape index (κ1) is 30.2. The van der Waals surface area contributed by atoms with Gasteiger partial charge >= 0.3 is 18.1 Å². The number of rotatable bonds is 12. The lowest BCUT2D eigenvalue weighted by Crippen LogP contribution is -2.45. The summed E-state index contributed by atoms with van der Waals surface area (Å²) in [7, 11) is -4.78. The van der Waals surface area contributed by atoms with Gasteiger partial charge in [0.2, 0.25) is 16.0 Å². The van der Waals surface area contributed by atoms with Crippen molar-refractivity contribution in [2.75, 3.05) is 13.2 Å². The summed E-state index contributed by atoms with van der Waals surface area (Å²) < 4.78 is 101. The third-order valence-electron chi connectivity index (χ3n) is 4.39. The van der Waals surface area contributed by atoms with Crippen LogP contribution in [0.5, 0.6) is 5.75 Å². The first-order valence-corrected chi connectivity index (χ1v) is 11.9. The highest BCUT2D eigenvalue weighted by Crippen LogP contribution is 2.20. The Hall–Kier alpha value is -3.99. The second-order valence-electron chi connectivity index (χ2n) is 7.36. The van der Waals surface area contributed by atoms with Crippen LogP contribution in [0.1, 0.15) is 12.0 Å². The summed E-state index contributed by atoms with van der Waals surface area (Å²) in [6.45, 7) is 0.330. The van der Waals surface area contributed by atoms with Gasteiger partial charge in [-0.25, -0.2) is 26.8 Å². The number of alkyl halides is 3. The summed E-state index contributed by atoms with van der Waals surface area (Å²) in [5, 5.41) is 3.32. The smallest absolute Gasteiger partial charge is 0.491 e. The quantitative estimate of drug-likeness (QED) is 0.0652. The number of hydrogen-bond acceptors (Lipinski definition) is 8. The number of halogens is 5. The summed E-state index contributed by atoms with van der Waals surface area (Å²) in [5.74, 6) is -7.55. The van der Waals surface area contributed by atoms with E-state index < -0.39 is 57.1 Å². The molecule has 0 spiro atoms. The Morgan fingerprint density at radius 1 is 1.00 bits per heavy atom. The lowest BCUT2D eigenvalue weighted by Gasteiger charge is -2.18. The van der Waals surface area contributed by atoms with E-state index in [2.05, 4.69) is 9.89 Å². The van der Waals surface area contributed by atoms with Crippen LogP contribution in [0.3, 0.4) is 0 Å². The van der Waals surface area contributed by atoms with E-state index in [1.807, 2.05) is 0 Å². The van der Waals surface area contributed by atoms with Gasteiger partial charge in [0, 0.05) is 6.42 Å². The van der Waals surface area contributed by atoms with Gasteiger partial charge in [-0.2, -0.15) is 17.9 Å². The number of carbonyl (C=O) groups excluding carboxylic acids is 2. The lowest BCUT2D eigenvalue weighted by molar-refractivity contribution is -0.202. The maximum atomic E-state index is 13.5. The van der Waals surface area contributed by atoms with Crippen LogP contribution in [0.4, 0.5) is 22.0 Å². The average Bonchev–Trinajstić information content (AvgIpc) is 2.82. The number of nitrogens with zero attached hydrogens (tertiary/aromatic N) is 1. The maximum Gasteiger partial charge on any atom is 0.491 e. The minimum Gasteiger partial charge on any atom is -0.493 e. The van der Waals surface area contributed by atoms with Crippen LogP contribution in [-0.2, 0) is 35.6 Å². The topological polar surface area (TPSA) is 172 Å². The van der Waals surface area contributed by atoms with Crippen LogP contribution in [0.25, 0.3) is 0 Å². The highest BCUT2D eigenvalue weighted by atomic mass is 32.2. The number of oxime groups is 1. The molecule has 2 rings (SSSR count). The Kier molecular flexibility index (Phi) is 10.3. The number of hydrogen-bond donors (Lipinski definition) is 3. The van der Waals surface area contributed by atoms with Crippen molar-refractivity contribution in [3.63, 3.8) is 0 Å². The van der Waals surface area contributed by atoms with Gasteiger partial charge in [0.25, 0.3) is 0 Å². The molecule has 0 unspecified atom stereocenters. The van der Waals surface area contributed by atoms with E-state index in [0.29, 0.717) is 30.4 Å². The Balaban J connectivity index is 2.15. The molecule has 208 valence electrons. The van der Waals surface area contributed by atoms with Gasteiger partial charge in [-0.15, -0.1) is 0 Å². The second-order valence-corrected chi connectivity index (χ2v) is 9.07. The second kappa shape index (κ2) is 13.0. The highest BCUT2D eigenvalue weighted by Gasteiger charge is 2.43. The summed E-state index contributed by atoms with van der Waals surface area (Å²) >= 11 is 0. The van der Waals surface area contributed by atoms with E-state index in [9.17, 15) is 40.0 Å². The molecule has 0 heterocycles. The molecule has 0 aromatic heterocycles. The summed E-state index contributed by atoms with van der Waals surface area (Å²) in [4.78, 5) is 27.4. The number of nitrogens with one attached hydrogen (secondary N) is 1. The van der Waals surface area contributed by atoms with Crippen molar-refractivity contribution >= 4 is 27.9 Å². The maximum absolute atomic E-state index is 13.5. The fourth-order valence-electron chi connectivity index (χ4n) is 2.68. The molecule has 0 aliphatic rings. The first-order valence-electron chi connectivity index (χ1n) is 10.4. The van der Waals surface area contributed by atoms with E-state index in [-0.39, 0.29) is 24.7 Å². The van der Waals surface area contributed by atoms with Gasteiger partial charge in [0.15, 0.2) is 11.6 Å². The van der Waals surface area contributed by atoms with Gasteiger partial charge in [-0.05, 0) is 47.5 Å². The molecule has 2 aromatic carbocycles.